The molecular weight excluding hydrogens is 454 g/mol. The summed E-state index contributed by atoms with van der Waals surface area (Å²) in [5.74, 6) is 0. The van der Waals surface area contributed by atoms with Gasteiger partial charge in [-0.25, -0.2) is 8.42 Å². The number of benzene rings is 2. The van der Waals surface area contributed by atoms with Gasteiger partial charge in [0.2, 0.25) is 10.0 Å². The first-order valence-corrected chi connectivity index (χ1v) is 12.9. The van der Waals surface area contributed by atoms with Crippen LogP contribution in [-0.2, 0) is 17.1 Å². The lowest BCUT2D eigenvalue weighted by atomic mass is 10.2. The second-order valence-electron chi connectivity index (χ2n) is 7.97. The average Bonchev–Trinajstić information content (AvgIpc) is 3.08. The second kappa shape index (κ2) is 10.9. The maximum absolute atomic E-state index is 13.2. The van der Waals surface area contributed by atoms with E-state index < -0.39 is 10.0 Å². The fraction of sp³-hybridized carbons (Fsp3) is 0.333. The quantitative estimate of drug-likeness (QED) is 0.263. The lowest BCUT2D eigenvalue weighted by molar-refractivity contribution is 0.410. The third kappa shape index (κ3) is 5.98. The van der Waals surface area contributed by atoms with Crippen LogP contribution >= 0.6 is 12.2 Å². The highest BCUT2D eigenvalue weighted by Gasteiger charge is 2.24. The molecule has 2 aromatic carbocycles. The van der Waals surface area contributed by atoms with Crippen LogP contribution in [0.2, 0.25) is 0 Å². The third-order valence-electron chi connectivity index (χ3n) is 5.22. The molecule has 3 rings (SSSR count). The highest BCUT2D eigenvalue weighted by molar-refractivity contribution is 7.89. The molecule has 176 valence electrons. The zero-order valence-electron chi connectivity index (χ0n) is 19.5. The topological polar surface area (TPSA) is 78.7 Å². The summed E-state index contributed by atoms with van der Waals surface area (Å²) in [6.07, 6.45) is 5.11. The second-order valence-corrected chi connectivity index (χ2v) is 10.3. The first-order valence-electron chi connectivity index (χ1n) is 11.0. The van der Waals surface area contributed by atoms with Crippen LogP contribution in [0, 0.1) is 6.92 Å². The van der Waals surface area contributed by atoms with Crippen LogP contribution in [0.5, 0.6) is 0 Å². The van der Waals surface area contributed by atoms with Crippen molar-refractivity contribution < 1.29 is 8.42 Å². The number of nitrogens with zero attached hydrogens (tertiary/aromatic N) is 3. The molecular formula is C24H31N5O2S2. The van der Waals surface area contributed by atoms with Crippen LogP contribution in [0.3, 0.4) is 0 Å². The first-order chi connectivity index (χ1) is 15.8. The van der Waals surface area contributed by atoms with Gasteiger partial charge in [0, 0.05) is 48.5 Å². The van der Waals surface area contributed by atoms with Crippen molar-refractivity contribution >= 4 is 50.2 Å². The molecule has 0 radical (unpaired) electrons. The van der Waals surface area contributed by atoms with Gasteiger partial charge in [0.15, 0.2) is 5.11 Å². The fourth-order valence-electron chi connectivity index (χ4n) is 3.71. The van der Waals surface area contributed by atoms with E-state index >= 15 is 0 Å². The molecule has 0 unspecified atom stereocenters. The number of hydrogen-bond acceptors (Lipinski definition) is 4. The van der Waals surface area contributed by atoms with E-state index in [1.165, 1.54) is 0 Å². The third-order valence-corrected chi connectivity index (χ3v) is 7.31. The van der Waals surface area contributed by atoms with Gasteiger partial charge in [-0.2, -0.15) is 9.41 Å². The van der Waals surface area contributed by atoms with Crippen molar-refractivity contribution in [3.63, 3.8) is 0 Å². The Labute approximate surface area is 201 Å². The van der Waals surface area contributed by atoms with E-state index in [9.17, 15) is 8.42 Å². The average molecular weight is 486 g/mol. The Bertz CT molecular complexity index is 1260. The summed E-state index contributed by atoms with van der Waals surface area (Å²) < 4.78 is 30.0. The molecule has 9 heteroatoms. The number of hydrazone groups is 1. The van der Waals surface area contributed by atoms with Crippen molar-refractivity contribution in [1.29, 1.82) is 0 Å². The Kier molecular flexibility index (Phi) is 8.23. The van der Waals surface area contributed by atoms with Gasteiger partial charge in [0.1, 0.15) is 0 Å². The van der Waals surface area contributed by atoms with Gasteiger partial charge in [-0.05, 0) is 67.9 Å². The molecule has 0 spiro atoms. The summed E-state index contributed by atoms with van der Waals surface area (Å²) in [6, 6.07) is 13.1. The van der Waals surface area contributed by atoms with E-state index in [2.05, 4.69) is 15.8 Å². The summed E-state index contributed by atoms with van der Waals surface area (Å²) >= 11 is 5.32. The summed E-state index contributed by atoms with van der Waals surface area (Å²) in [5, 5.41) is 8.54. The van der Waals surface area contributed by atoms with Crippen LogP contribution in [0.15, 0.2) is 58.7 Å². The summed E-state index contributed by atoms with van der Waals surface area (Å²) in [6.45, 7) is 6.99. The number of hydrogen-bond donors (Lipinski definition) is 2. The molecule has 0 fully saturated rings. The van der Waals surface area contributed by atoms with E-state index in [1.54, 1.807) is 22.7 Å². The first kappa shape index (κ1) is 24.9. The zero-order chi connectivity index (χ0) is 24.0. The van der Waals surface area contributed by atoms with Crippen molar-refractivity contribution in [1.82, 2.24) is 14.3 Å². The minimum Gasteiger partial charge on any atom is -0.350 e. The maximum atomic E-state index is 13.2. The number of thiocarbonyl (C=S) groups is 1. The standard InChI is InChI=1S/C24H31N5O2S2/c1-5-12-29(13-6-2)33(30,31)21-10-11-23-22(15-21)19(17-28(23)4)16-25-27-24(32)26-20-9-7-8-18(3)14-20/h7-11,14-17H,5-6,12-13H2,1-4H3,(H2,26,27,32). The Balaban J connectivity index is 1.83. The van der Waals surface area contributed by atoms with Gasteiger partial charge in [0.25, 0.3) is 0 Å². The van der Waals surface area contributed by atoms with Crippen LogP contribution in [0.25, 0.3) is 10.9 Å². The van der Waals surface area contributed by atoms with Crippen molar-refractivity contribution in [3.05, 3.63) is 59.8 Å². The van der Waals surface area contributed by atoms with E-state index in [1.807, 2.05) is 68.9 Å². The minimum atomic E-state index is -3.56. The largest absolute Gasteiger partial charge is 0.350 e. The van der Waals surface area contributed by atoms with Gasteiger partial charge < -0.3 is 9.88 Å². The molecule has 1 aromatic heterocycles. The van der Waals surface area contributed by atoms with Crippen molar-refractivity contribution in [2.75, 3.05) is 18.4 Å². The zero-order valence-corrected chi connectivity index (χ0v) is 21.1. The van der Waals surface area contributed by atoms with Crippen molar-refractivity contribution in [2.24, 2.45) is 12.1 Å². The number of aryl methyl sites for hydroxylation is 2. The lowest BCUT2D eigenvalue weighted by Crippen LogP contribution is -2.32. The molecule has 2 N–H and O–H groups in total. The van der Waals surface area contributed by atoms with Gasteiger partial charge in [0.05, 0.1) is 11.1 Å². The predicted octanol–water partition coefficient (Wildman–Crippen LogP) is 4.62. The number of rotatable bonds is 9. The van der Waals surface area contributed by atoms with Crippen molar-refractivity contribution in [2.45, 2.75) is 38.5 Å². The van der Waals surface area contributed by atoms with Crippen LogP contribution in [-0.4, -0.2) is 41.7 Å². The molecule has 33 heavy (non-hydrogen) atoms. The molecule has 0 amide bonds. The Morgan fingerprint density at radius 2 is 1.88 bits per heavy atom. The van der Waals surface area contributed by atoms with Gasteiger partial charge in [-0.15, -0.1) is 0 Å². The van der Waals surface area contributed by atoms with Gasteiger partial charge in [-0.3, -0.25) is 5.43 Å². The van der Waals surface area contributed by atoms with E-state index in [0.717, 1.165) is 40.6 Å². The van der Waals surface area contributed by atoms with E-state index in [-0.39, 0.29) is 0 Å². The number of sulfonamides is 1. The number of aromatic nitrogens is 1. The highest BCUT2D eigenvalue weighted by Crippen LogP contribution is 2.25. The number of nitrogens with one attached hydrogen (secondary N) is 2. The molecule has 7 nitrogen and oxygen atoms in total. The number of anilines is 1. The molecule has 0 saturated carbocycles. The van der Waals surface area contributed by atoms with Crippen LogP contribution in [0.1, 0.15) is 37.8 Å². The molecule has 0 aliphatic rings. The Morgan fingerprint density at radius 3 is 2.55 bits per heavy atom. The molecule has 0 bridgehead atoms. The number of fused-ring (bicyclic) bond motifs is 1. The van der Waals surface area contributed by atoms with Crippen LogP contribution < -0.4 is 10.7 Å². The molecule has 3 aromatic rings. The lowest BCUT2D eigenvalue weighted by Gasteiger charge is -2.21. The molecule has 0 atom stereocenters. The van der Waals surface area contributed by atoms with Crippen LogP contribution in [0.4, 0.5) is 5.69 Å². The monoisotopic (exact) mass is 485 g/mol. The molecule has 0 saturated heterocycles. The Hall–Kier alpha value is -2.75. The van der Waals surface area contributed by atoms with E-state index in [4.69, 9.17) is 12.2 Å². The minimum absolute atomic E-state index is 0.294. The Morgan fingerprint density at radius 1 is 1.15 bits per heavy atom. The maximum Gasteiger partial charge on any atom is 0.243 e. The van der Waals surface area contributed by atoms with Gasteiger partial charge in [-0.1, -0.05) is 26.0 Å². The smallest absolute Gasteiger partial charge is 0.243 e. The predicted molar refractivity (Wildman–Crippen MR) is 140 cm³/mol. The van der Waals surface area contributed by atoms with Crippen molar-refractivity contribution in [3.8, 4) is 0 Å². The molecule has 0 aliphatic heterocycles. The highest BCUT2D eigenvalue weighted by atomic mass is 32.2. The summed E-state index contributed by atoms with van der Waals surface area (Å²) in [7, 11) is -1.64. The normalized spacial score (nSPS) is 12.0. The summed E-state index contributed by atoms with van der Waals surface area (Å²) in [4.78, 5) is 0.294. The SMILES string of the molecule is CCCN(CCC)S(=O)(=O)c1ccc2c(c1)c(C=NNC(=S)Nc1cccc(C)c1)cn2C. The van der Waals surface area contributed by atoms with E-state index in [0.29, 0.717) is 23.1 Å². The molecule has 0 aliphatic carbocycles. The summed E-state index contributed by atoms with van der Waals surface area (Å²) in [5.41, 5.74) is 6.56. The fourth-order valence-corrected chi connectivity index (χ4v) is 5.53. The molecule has 1 heterocycles. The van der Waals surface area contributed by atoms with Gasteiger partial charge >= 0.3 is 0 Å².